The number of aliphatic hydroxyl groups excluding tert-OH is 1. The molecule has 0 heterocycles. The van der Waals surface area contributed by atoms with E-state index in [4.69, 9.17) is 22.0 Å². The van der Waals surface area contributed by atoms with E-state index >= 15 is 0 Å². The van der Waals surface area contributed by atoms with Crippen LogP contribution < -0.4 is 0 Å². The van der Waals surface area contributed by atoms with Gasteiger partial charge in [0.15, 0.2) is 5.78 Å². The summed E-state index contributed by atoms with van der Waals surface area (Å²) in [4.78, 5) is 11.2. The van der Waals surface area contributed by atoms with Gasteiger partial charge in [0.25, 0.3) is 0 Å². The molecule has 3 nitrogen and oxygen atoms in total. The van der Waals surface area contributed by atoms with Crippen LogP contribution in [0.25, 0.3) is 0 Å². The first-order chi connectivity index (χ1) is 7.11. The van der Waals surface area contributed by atoms with Gasteiger partial charge in [-0.15, -0.1) is 11.6 Å². The monoisotopic (exact) mass is 223 g/mol. The Bertz CT molecular complexity index is 423. The average Bonchev–Trinajstić information content (AvgIpc) is 2.26. The molecule has 1 aromatic rings. The topological polar surface area (TPSA) is 61.1 Å². The maximum Gasteiger partial charge on any atom is 0.152 e. The fourth-order valence-electron chi connectivity index (χ4n) is 1.35. The molecule has 0 saturated heterocycles. The second-order valence-corrected chi connectivity index (χ2v) is 3.56. The summed E-state index contributed by atoms with van der Waals surface area (Å²) in [6.45, 7) is 1.12. The lowest BCUT2D eigenvalue weighted by Crippen LogP contribution is -2.07. The molecule has 1 unspecified atom stereocenters. The quantitative estimate of drug-likeness (QED) is 0.797. The molecule has 0 aliphatic carbocycles. The van der Waals surface area contributed by atoms with Gasteiger partial charge in [-0.2, -0.15) is 5.26 Å². The number of hydrogen-bond donors (Lipinski definition) is 1. The van der Waals surface area contributed by atoms with Gasteiger partial charge in [0, 0.05) is 5.56 Å². The maximum atomic E-state index is 11.2. The normalized spacial score (nSPS) is 11.9. The number of hydrogen-bond acceptors (Lipinski definition) is 3. The fraction of sp³-hybridized carbons (Fsp3) is 0.273. The molecule has 0 fully saturated rings. The van der Waals surface area contributed by atoms with Gasteiger partial charge in [-0.3, -0.25) is 4.79 Å². The number of ketones is 1. The third kappa shape index (κ3) is 2.35. The molecule has 0 aromatic heterocycles. The highest BCUT2D eigenvalue weighted by Crippen LogP contribution is 2.28. The molecule has 0 radical (unpaired) electrons. The first-order valence-corrected chi connectivity index (χ1v) is 4.82. The van der Waals surface area contributed by atoms with E-state index in [-0.39, 0.29) is 12.4 Å². The molecule has 1 rings (SSSR count). The third-order valence-corrected chi connectivity index (χ3v) is 2.62. The van der Waals surface area contributed by atoms with E-state index in [9.17, 15) is 4.79 Å². The molecular weight excluding hydrogens is 214 g/mol. The molecule has 0 aliphatic rings. The molecule has 4 heteroatoms. The number of carbonyl (C=O) groups excluding carboxylic acids is 1. The number of Topliss-reactive ketones (excluding diaryl/α,β-unsaturated/α-hetero) is 1. The second-order valence-electron chi connectivity index (χ2n) is 3.12. The van der Waals surface area contributed by atoms with Crippen LogP contribution in [0, 0.1) is 11.3 Å². The second kappa shape index (κ2) is 4.92. The van der Waals surface area contributed by atoms with Crippen molar-refractivity contribution < 1.29 is 9.90 Å². The highest BCUT2D eigenvalue weighted by atomic mass is 35.5. The van der Waals surface area contributed by atoms with Crippen LogP contribution in [0.15, 0.2) is 18.2 Å². The zero-order valence-electron chi connectivity index (χ0n) is 8.20. The Morgan fingerprint density at radius 3 is 2.80 bits per heavy atom. The number of benzene rings is 1. The van der Waals surface area contributed by atoms with Crippen molar-refractivity contribution in [2.75, 3.05) is 0 Å². The van der Waals surface area contributed by atoms with Crippen LogP contribution in [0.3, 0.4) is 0 Å². The van der Waals surface area contributed by atoms with E-state index in [0.717, 1.165) is 0 Å². The number of nitriles is 1. The molecule has 1 N–H and O–H groups in total. The number of nitrogens with zero attached hydrogens (tertiary/aromatic N) is 1. The predicted molar refractivity (Wildman–Crippen MR) is 56.4 cm³/mol. The summed E-state index contributed by atoms with van der Waals surface area (Å²) in [5.41, 5.74) is 1.26. The van der Waals surface area contributed by atoms with Crippen molar-refractivity contribution in [3.63, 3.8) is 0 Å². The van der Waals surface area contributed by atoms with Crippen LogP contribution in [0.4, 0.5) is 0 Å². The number of aliphatic hydroxyl groups is 1. The Balaban J connectivity index is 3.35. The molecule has 1 atom stereocenters. The van der Waals surface area contributed by atoms with Crippen LogP contribution in [0.1, 0.15) is 29.0 Å². The van der Waals surface area contributed by atoms with E-state index in [0.29, 0.717) is 16.7 Å². The smallest absolute Gasteiger partial charge is 0.152 e. The van der Waals surface area contributed by atoms with Crippen molar-refractivity contribution in [2.24, 2.45) is 0 Å². The van der Waals surface area contributed by atoms with Crippen LogP contribution in [0.2, 0.25) is 0 Å². The molecule has 0 bridgehead atoms. The Hall–Kier alpha value is -1.37. The van der Waals surface area contributed by atoms with Crippen molar-refractivity contribution in [3.8, 4) is 6.07 Å². The number of halogens is 1. The van der Waals surface area contributed by atoms with Crippen LogP contribution >= 0.6 is 11.6 Å². The van der Waals surface area contributed by atoms with E-state index < -0.39 is 5.38 Å². The lowest BCUT2D eigenvalue weighted by Gasteiger charge is -2.12. The summed E-state index contributed by atoms with van der Waals surface area (Å²) in [5.74, 6) is -0.242. The standard InChI is InChI=1S/C11H10ClNO2/c1-7(15)11(12)10-8(5-13)3-2-4-9(10)6-14/h2-4,11,14H,6H2,1H3. The number of carbonyl (C=O) groups is 1. The third-order valence-electron chi connectivity index (χ3n) is 2.10. The molecule has 0 spiro atoms. The minimum atomic E-state index is -0.872. The minimum absolute atomic E-state index is 0.235. The summed E-state index contributed by atoms with van der Waals surface area (Å²) in [6.07, 6.45) is 0. The van der Waals surface area contributed by atoms with Crippen molar-refractivity contribution in [3.05, 3.63) is 34.9 Å². The first kappa shape index (κ1) is 11.7. The van der Waals surface area contributed by atoms with Crippen LogP contribution in [0.5, 0.6) is 0 Å². The zero-order chi connectivity index (χ0) is 11.4. The van der Waals surface area contributed by atoms with E-state index in [2.05, 4.69) is 0 Å². The number of alkyl halides is 1. The molecule has 0 amide bonds. The summed E-state index contributed by atoms with van der Waals surface area (Å²) in [7, 11) is 0. The summed E-state index contributed by atoms with van der Waals surface area (Å²) in [5, 5.41) is 17.1. The Labute approximate surface area is 92.9 Å². The van der Waals surface area contributed by atoms with Gasteiger partial charge in [0.2, 0.25) is 0 Å². The Morgan fingerprint density at radius 2 is 2.33 bits per heavy atom. The Morgan fingerprint density at radius 1 is 1.67 bits per heavy atom. The van der Waals surface area contributed by atoms with Gasteiger partial charge in [-0.25, -0.2) is 0 Å². The SMILES string of the molecule is CC(=O)C(Cl)c1c(C#N)cccc1CO. The van der Waals surface area contributed by atoms with Gasteiger partial charge in [-0.1, -0.05) is 12.1 Å². The molecular formula is C11H10ClNO2. The van der Waals surface area contributed by atoms with Crippen LogP contribution in [-0.4, -0.2) is 10.9 Å². The van der Waals surface area contributed by atoms with Gasteiger partial charge < -0.3 is 5.11 Å². The van der Waals surface area contributed by atoms with Crippen molar-refractivity contribution in [1.82, 2.24) is 0 Å². The minimum Gasteiger partial charge on any atom is -0.392 e. The summed E-state index contributed by atoms with van der Waals surface area (Å²) in [6, 6.07) is 6.83. The summed E-state index contributed by atoms with van der Waals surface area (Å²) < 4.78 is 0. The predicted octanol–water partition coefficient (Wildman–Crippen LogP) is 1.92. The van der Waals surface area contributed by atoms with Crippen LogP contribution in [-0.2, 0) is 11.4 Å². The van der Waals surface area contributed by atoms with Crippen molar-refractivity contribution in [1.29, 1.82) is 5.26 Å². The molecule has 0 saturated carbocycles. The molecule has 1 aromatic carbocycles. The van der Waals surface area contributed by atoms with Gasteiger partial charge >= 0.3 is 0 Å². The molecule has 78 valence electrons. The highest BCUT2D eigenvalue weighted by Gasteiger charge is 2.20. The molecule has 15 heavy (non-hydrogen) atoms. The zero-order valence-corrected chi connectivity index (χ0v) is 8.95. The van der Waals surface area contributed by atoms with E-state index in [1.807, 2.05) is 6.07 Å². The largest absolute Gasteiger partial charge is 0.392 e. The van der Waals surface area contributed by atoms with E-state index in [1.165, 1.54) is 6.92 Å². The van der Waals surface area contributed by atoms with Gasteiger partial charge in [0.1, 0.15) is 5.38 Å². The Kier molecular flexibility index (Phi) is 3.84. The van der Waals surface area contributed by atoms with E-state index in [1.54, 1.807) is 18.2 Å². The lowest BCUT2D eigenvalue weighted by molar-refractivity contribution is -0.116. The van der Waals surface area contributed by atoms with Gasteiger partial charge in [-0.05, 0) is 18.6 Å². The summed E-state index contributed by atoms with van der Waals surface area (Å²) >= 11 is 5.90. The lowest BCUT2D eigenvalue weighted by atomic mass is 9.97. The fourth-order valence-corrected chi connectivity index (χ4v) is 1.61. The average molecular weight is 224 g/mol. The van der Waals surface area contributed by atoms with Crippen molar-refractivity contribution in [2.45, 2.75) is 18.9 Å². The molecule has 0 aliphatic heterocycles. The van der Waals surface area contributed by atoms with Crippen molar-refractivity contribution >= 4 is 17.4 Å². The maximum absolute atomic E-state index is 11.2. The highest BCUT2D eigenvalue weighted by molar-refractivity contribution is 6.31. The first-order valence-electron chi connectivity index (χ1n) is 4.39. The van der Waals surface area contributed by atoms with Gasteiger partial charge in [0.05, 0.1) is 18.2 Å². The number of rotatable bonds is 3.